The summed E-state index contributed by atoms with van der Waals surface area (Å²) in [4.78, 5) is 0. The van der Waals surface area contributed by atoms with Gasteiger partial charge < -0.3 is 20.5 Å². The Morgan fingerprint density at radius 1 is 1.41 bits per heavy atom. The molecule has 0 aromatic heterocycles. The first-order valence-corrected chi connectivity index (χ1v) is 6.04. The van der Waals surface area contributed by atoms with E-state index in [0.717, 1.165) is 49.7 Å². The van der Waals surface area contributed by atoms with E-state index in [9.17, 15) is 0 Å². The van der Waals surface area contributed by atoms with Gasteiger partial charge in [-0.2, -0.15) is 0 Å². The number of ether oxygens (including phenoxy) is 2. The van der Waals surface area contributed by atoms with Crippen molar-refractivity contribution in [3.05, 3.63) is 18.2 Å². The van der Waals surface area contributed by atoms with E-state index in [0.29, 0.717) is 5.92 Å². The van der Waals surface area contributed by atoms with Crippen LogP contribution < -0.4 is 15.8 Å². The number of hydrogen-bond acceptors (Lipinski definition) is 4. The Balaban J connectivity index is 1.92. The molecule has 1 aromatic carbocycles. The summed E-state index contributed by atoms with van der Waals surface area (Å²) >= 11 is 0. The third kappa shape index (κ3) is 3.27. The van der Waals surface area contributed by atoms with Gasteiger partial charge in [-0.25, -0.2) is 0 Å². The van der Waals surface area contributed by atoms with Crippen LogP contribution in [0.15, 0.2) is 18.2 Å². The Morgan fingerprint density at radius 3 is 2.88 bits per heavy atom. The molecule has 2 rings (SSSR count). The molecular weight excluding hydrogens is 216 g/mol. The van der Waals surface area contributed by atoms with Gasteiger partial charge >= 0.3 is 0 Å². The summed E-state index contributed by atoms with van der Waals surface area (Å²) in [6.07, 6.45) is 2.24. The zero-order valence-electron chi connectivity index (χ0n) is 10.2. The van der Waals surface area contributed by atoms with Crippen LogP contribution in [0.1, 0.15) is 12.8 Å². The van der Waals surface area contributed by atoms with Crippen LogP contribution >= 0.6 is 0 Å². The lowest BCUT2D eigenvalue weighted by Crippen LogP contribution is -2.22. The average molecular weight is 236 g/mol. The van der Waals surface area contributed by atoms with Crippen molar-refractivity contribution in [2.24, 2.45) is 5.92 Å². The van der Waals surface area contributed by atoms with Crippen molar-refractivity contribution in [3.8, 4) is 5.75 Å². The quantitative estimate of drug-likeness (QED) is 0.786. The minimum absolute atomic E-state index is 0.675. The average Bonchev–Trinajstić information content (AvgIpc) is 2.39. The Hall–Kier alpha value is -1.42. The van der Waals surface area contributed by atoms with Crippen LogP contribution in [0.25, 0.3) is 0 Å². The molecule has 0 radical (unpaired) electrons. The minimum atomic E-state index is 0.675. The zero-order valence-corrected chi connectivity index (χ0v) is 10.2. The van der Waals surface area contributed by atoms with Crippen LogP contribution in [0, 0.1) is 5.92 Å². The molecule has 1 aliphatic heterocycles. The van der Waals surface area contributed by atoms with E-state index in [-0.39, 0.29) is 0 Å². The molecule has 0 spiro atoms. The molecule has 0 aliphatic carbocycles. The highest BCUT2D eigenvalue weighted by atomic mass is 16.5. The fourth-order valence-corrected chi connectivity index (χ4v) is 2.02. The van der Waals surface area contributed by atoms with Gasteiger partial charge in [0.05, 0.1) is 18.5 Å². The maximum Gasteiger partial charge on any atom is 0.121 e. The first kappa shape index (κ1) is 12.0. The summed E-state index contributed by atoms with van der Waals surface area (Å²) in [5, 5.41) is 3.40. The first-order valence-electron chi connectivity index (χ1n) is 6.04. The highest BCUT2D eigenvalue weighted by Gasteiger charge is 2.13. The maximum absolute atomic E-state index is 5.92. The standard InChI is InChI=1S/C13H20N2O2/c1-16-11-2-3-12(14)13(8-11)15-9-10-4-6-17-7-5-10/h2-3,8,10,15H,4-7,9,14H2,1H3. The van der Waals surface area contributed by atoms with Gasteiger partial charge in [0.2, 0.25) is 0 Å². The molecule has 0 atom stereocenters. The van der Waals surface area contributed by atoms with Gasteiger partial charge in [-0.3, -0.25) is 0 Å². The van der Waals surface area contributed by atoms with Gasteiger partial charge in [-0.05, 0) is 30.9 Å². The number of nitrogens with one attached hydrogen (secondary N) is 1. The van der Waals surface area contributed by atoms with Gasteiger partial charge in [0.15, 0.2) is 0 Å². The smallest absolute Gasteiger partial charge is 0.121 e. The van der Waals surface area contributed by atoms with Crippen LogP contribution in [0.2, 0.25) is 0 Å². The normalized spacial score (nSPS) is 16.8. The Kier molecular flexibility index (Phi) is 4.09. The summed E-state index contributed by atoms with van der Waals surface area (Å²) in [6.45, 7) is 2.70. The van der Waals surface area contributed by atoms with Crippen molar-refractivity contribution in [1.29, 1.82) is 0 Å². The molecular formula is C13H20N2O2. The molecule has 1 aromatic rings. The molecule has 1 fully saturated rings. The van der Waals surface area contributed by atoms with E-state index in [1.807, 2.05) is 18.2 Å². The van der Waals surface area contributed by atoms with Crippen LogP contribution in [0.4, 0.5) is 11.4 Å². The fraction of sp³-hybridized carbons (Fsp3) is 0.538. The summed E-state index contributed by atoms with van der Waals surface area (Å²) in [6, 6.07) is 5.68. The molecule has 0 saturated carbocycles. The van der Waals surface area contributed by atoms with E-state index in [1.165, 1.54) is 0 Å². The number of benzene rings is 1. The molecule has 0 unspecified atom stereocenters. The van der Waals surface area contributed by atoms with Crippen molar-refractivity contribution in [2.75, 3.05) is 37.9 Å². The van der Waals surface area contributed by atoms with Gasteiger partial charge in [0.25, 0.3) is 0 Å². The summed E-state index contributed by atoms with van der Waals surface area (Å²) < 4.78 is 10.5. The predicted octanol–water partition coefficient (Wildman–Crippen LogP) is 2.12. The highest BCUT2D eigenvalue weighted by Crippen LogP contribution is 2.25. The summed E-state index contributed by atoms with van der Waals surface area (Å²) in [5.74, 6) is 1.50. The van der Waals surface area contributed by atoms with Gasteiger partial charge in [0.1, 0.15) is 5.75 Å². The number of nitrogens with two attached hydrogens (primary N) is 1. The van der Waals surface area contributed by atoms with Gasteiger partial charge in [-0.15, -0.1) is 0 Å². The lowest BCUT2D eigenvalue weighted by atomic mass is 10.0. The third-order valence-electron chi connectivity index (χ3n) is 3.18. The fourth-order valence-electron chi connectivity index (χ4n) is 2.02. The predicted molar refractivity (Wildman–Crippen MR) is 69.4 cm³/mol. The lowest BCUT2D eigenvalue weighted by Gasteiger charge is -2.23. The van der Waals surface area contributed by atoms with Crippen molar-refractivity contribution in [1.82, 2.24) is 0 Å². The molecule has 94 valence electrons. The second-order valence-electron chi connectivity index (χ2n) is 4.39. The number of methoxy groups -OCH3 is 1. The third-order valence-corrected chi connectivity index (χ3v) is 3.18. The SMILES string of the molecule is COc1ccc(N)c(NCC2CCOCC2)c1. The van der Waals surface area contributed by atoms with Crippen molar-refractivity contribution < 1.29 is 9.47 Å². The lowest BCUT2D eigenvalue weighted by molar-refractivity contribution is 0.0699. The molecule has 1 aliphatic rings. The Labute approximate surface area is 102 Å². The van der Waals surface area contributed by atoms with Crippen LogP contribution in [0.3, 0.4) is 0 Å². The first-order chi connectivity index (χ1) is 8.29. The highest BCUT2D eigenvalue weighted by molar-refractivity contribution is 5.68. The van der Waals surface area contributed by atoms with Crippen molar-refractivity contribution in [2.45, 2.75) is 12.8 Å². The van der Waals surface area contributed by atoms with Crippen LogP contribution in [-0.2, 0) is 4.74 Å². The molecule has 1 saturated heterocycles. The van der Waals surface area contributed by atoms with Crippen LogP contribution in [0.5, 0.6) is 5.75 Å². The molecule has 3 N–H and O–H groups in total. The molecule has 4 nitrogen and oxygen atoms in total. The van der Waals surface area contributed by atoms with E-state index >= 15 is 0 Å². The minimum Gasteiger partial charge on any atom is -0.497 e. The number of anilines is 2. The Morgan fingerprint density at radius 2 is 2.18 bits per heavy atom. The molecule has 17 heavy (non-hydrogen) atoms. The van der Waals surface area contributed by atoms with E-state index in [2.05, 4.69) is 5.32 Å². The second-order valence-corrected chi connectivity index (χ2v) is 4.39. The zero-order chi connectivity index (χ0) is 12.1. The topological polar surface area (TPSA) is 56.5 Å². The van der Waals surface area contributed by atoms with Crippen molar-refractivity contribution in [3.63, 3.8) is 0 Å². The maximum atomic E-state index is 5.92. The molecule has 0 amide bonds. The van der Waals surface area contributed by atoms with Gasteiger partial charge in [0, 0.05) is 25.8 Å². The largest absolute Gasteiger partial charge is 0.497 e. The number of rotatable bonds is 4. The van der Waals surface area contributed by atoms with E-state index < -0.39 is 0 Å². The monoisotopic (exact) mass is 236 g/mol. The van der Waals surface area contributed by atoms with Crippen molar-refractivity contribution >= 4 is 11.4 Å². The van der Waals surface area contributed by atoms with E-state index in [4.69, 9.17) is 15.2 Å². The second kappa shape index (κ2) is 5.77. The molecule has 0 bridgehead atoms. The summed E-state index contributed by atoms with van der Waals surface area (Å²) in [7, 11) is 1.66. The molecule has 1 heterocycles. The number of hydrogen-bond donors (Lipinski definition) is 2. The van der Waals surface area contributed by atoms with Gasteiger partial charge in [-0.1, -0.05) is 0 Å². The Bertz CT molecular complexity index is 362. The summed E-state index contributed by atoms with van der Waals surface area (Å²) in [5.41, 5.74) is 7.63. The number of nitrogen functional groups attached to an aromatic ring is 1. The van der Waals surface area contributed by atoms with E-state index in [1.54, 1.807) is 7.11 Å². The molecule has 4 heteroatoms. The van der Waals surface area contributed by atoms with Crippen LogP contribution in [-0.4, -0.2) is 26.9 Å².